The van der Waals surface area contributed by atoms with E-state index >= 15 is 0 Å². The molecule has 1 aromatic carbocycles. The molecule has 0 radical (unpaired) electrons. The number of nitrogens with one attached hydrogen (secondary N) is 1. The van der Waals surface area contributed by atoms with Crippen LogP contribution in [0.2, 0.25) is 0 Å². The predicted molar refractivity (Wildman–Crippen MR) is 123 cm³/mol. The summed E-state index contributed by atoms with van der Waals surface area (Å²) in [5.41, 5.74) is 1.31. The van der Waals surface area contributed by atoms with Crippen molar-refractivity contribution in [2.24, 2.45) is 0 Å². The molecule has 0 saturated carbocycles. The maximum absolute atomic E-state index is 13.5. The number of aryl methyl sites for hydroxylation is 1. The van der Waals surface area contributed by atoms with Gasteiger partial charge in [-0.1, -0.05) is 12.1 Å². The zero-order chi connectivity index (χ0) is 25.2. The van der Waals surface area contributed by atoms with Crippen molar-refractivity contribution in [2.45, 2.75) is 33.4 Å². The molecule has 2 N–H and O–H groups in total. The molecule has 0 aliphatic heterocycles. The molecule has 0 aliphatic rings. The van der Waals surface area contributed by atoms with Crippen LogP contribution in [-0.2, 0) is 29.1 Å². The number of H-pyrrole nitrogens is 1. The van der Waals surface area contributed by atoms with Gasteiger partial charge in [-0.05, 0) is 31.0 Å². The van der Waals surface area contributed by atoms with E-state index in [-0.39, 0.29) is 36.2 Å². The molecule has 2 heterocycles. The van der Waals surface area contributed by atoms with E-state index in [0.717, 1.165) is 15.4 Å². The molecule has 2 amide bonds. The SMILES string of the molecule is CCn1c(CN(C)C(=O)C(=O)N(C)C)nc(-c2ncc(Cc3ccc(F)c(C)c3)[nH]2)c(O)c1=O. The molecule has 0 spiro atoms. The van der Waals surface area contributed by atoms with Crippen molar-refractivity contribution in [1.29, 1.82) is 0 Å². The molecule has 2 aromatic heterocycles. The van der Waals surface area contributed by atoms with Gasteiger partial charge in [0.2, 0.25) is 5.75 Å². The summed E-state index contributed by atoms with van der Waals surface area (Å²) in [6, 6.07) is 4.79. The van der Waals surface area contributed by atoms with Crippen molar-refractivity contribution in [3.05, 3.63) is 63.2 Å². The van der Waals surface area contributed by atoms with Crippen LogP contribution < -0.4 is 5.56 Å². The first-order valence-electron chi connectivity index (χ1n) is 10.6. The Kier molecular flexibility index (Phi) is 7.14. The van der Waals surface area contributed by atoms with Crippen LogP contribution in [0.25, 0.3) is 11.5 Å². The quantitative estimate of drug-likeness (QED) is 0.526. The summed E-state index contributed by atoms with van der Waals surface area (Å²) in [4.78, 5) is 51.1. The Morgan fingerprint density at radius 2 is 1.91 bits per heavy atom. The third-order valence-electron chi connectivity index (χ3n) is 5.32. The van der Waals surface area contributed by atoms with Crippen LogP contribution in [-0.4, -0.2) is 67.4 Å². The molecule has 0 aliphatic carbocycles. The largest absolute Gasteiger partial charge is 0.501 e. The number of carbonyl (C=O) groups is 2. The summed E-state index contributed by atoms with van der Waals surface area (Å²) < 4.78 is 14.8. The van der Waals surface area contributed by atoms with Crippen LogP contribution in [0.5, 0.6) is 5.75 Å². The Balaban J connectivity index is 1.94. The summed E-state index contributed by atoms with van der Waals surface area (Å²) in [6.45, 7) is 3.45. The number of hydrogen-bond acceptors (Lipinski definition) is 6. The standard InChI is InChI=1S/C23H27FN6O4/c1-6-30-17(12-29(5)23(34)22(33)28(3)4)27-18(19(31)21(30)32)20-25-11-15(26-20)10-14-7-8-16(24)13(2)9-14/h7-9,11,31H,6,10,12H2,1-5H3,(H,25,26). The highest BCUT2D eigenvalue weighted by Gasteiger charge is 2.24. The van der Waals surface area contributed by atoms with E-state index < -0.39 is 23.1 Å². The third-order valence-corrected chi connectivity index (χ3v) is 5.32. The predicted octanol–water partition coefficient (Wildman–Crippen LogP) is 1.44. The summed E-state index contributed by atoms with van der Waals surface area (Å²) >= 11 is 0. The molecular formula is C23H27FN6O4. The molecule has 0 fully saturated rings. The first kappa shape index (κ1) is 24.6. The minimum atomic E-state index is -0.758. The Morgan fingerprint density at radius 1 is 1.21 bits per heavy atom. The number of hydrogen-bond donors (Lipinski definition) is 2. The van der Waals surface area contributed by atoms with Gasteiger partial charge in [0.1, 0.15) is 11.6 Å². The molecule has 3 aromatic rings. The first-order chi connectivity index (χ1) is 16.0. The van der Waals surface area contributed by atoms with E-state index in [4.69, 9.17) is 0 Å². The van der Waals surface area contributed by atoms with E-state index in [1.165, 1.54) is 31.8 Å². The average molecular weight is 471 g/mol. The molecule has 11 heteroatoms. The number of benzene rings is 1. The van der Waals surface area contributed by atoms with Crippen LogP contribution in [0.15, 0.2) is 29.2 Å². The highest BCUT2D eigenvalue weighted by molar-refractivity contribution is 6.34. The number of carbonyl (C=O) groups excluding carboxylic acids is 2. The number of aromatic hydroxyl groups is 1. The fourth-order valence-corrected chi connectivity index (χ4v) is 3.45. The van der Waals surface area contributed by atoms with Crippen LogP contribution in [0.1, 0.15) is 29.6 Å². The molecule has 10 nitrogen and oxygen atoms in total. The van der Waals surface area contributed by atoms with Crippen LogP contribution >= 0.6 is 0 Å². The number of amides is 2. The number of imidazole rings is 1. The van der Waals surface area contributed by atoms with E-state index in [0.29, 0.717) is 17.7 Å². The fourth-order valence-electron chi connectivity index (χ4n) is 3.45. The van der Waals surface area contributed by atoms with Gasteiger partial charge >= 0.3 is 11.8 Å². The smallest absolute Gasteiger partial charge is 0.312 e. The van der Waals surface area contributed by atoms with E-state index in [1.54, 1.807) is 32.2 Å². The van der Waals surface area contributed by atoms with Gasteiger partial charge in [-0.2, -0.15) is 0 Å². The summed E-state index contributed by atoms with van der Waals surface area (Å²) in [5, 5.41) is 10.5. The molecule has 0 saturated heterocycles. The Bertz CT molecular complexity index is 1300. The van der Waals surface area contributed by atoms with Gasteiger partial charge < -0.3 is 19.9 Å². The topological polar surface area (TPSA) is 124 Å². The molecule has 3 rings (SSSR count). The average Bonchev–Trinajstić information content (AvgIpc) is 3.25. The lowest BCUT2D eigenvalue weighted by Crippen LogP contribution is -2.41. The van der Waals surface area contributed by atoms with Gasteiger partial charge in [0.05, 0.1) is 6.54 Å². The minimum absolute atomic E-state index is 0.0639. The highest BCUT2D eigenvalue weighted by Crippen LogP contribution is 2.23. The normalized spacial score (nSPS) is 10.9. The maximum Gasteiger partial charge on any atom is 0.312 e. The summed E-state index contributed by atoms with van der Waals surface area (Å²) in [5.74, 6) is -1.98. The monoisotopic (exact) mass is 470 g/mol. The van der Waals surface area contributed by atoms with Crippen molar-refractivity contribution in [3.63, 3.8) is 0 Å². The van der Waals surface area contributed by atoms with Gasteiger partial charge in [0.25, 0.3) is 5.56 Å². The Hall–Kier alpha value is -4.02. The number of nitrogens with zero attached hydrogens (tertiary/aromatic N) is 5. The Morgan fingerprint density at radius 3 is 2.53 bits per heavy atom. The van der Waals surface area contributed by atoms with Crippen LogP contribution in [0.4, 0.5) is 4.39 Å². The molecule has 180 valence electrons. The van der Waals surface area contributed by atoms with Gasteiger partial charge in [0, 0.05) is 46.0 Å². The van der Waals surface area contributed by atoms with E-state index in [2.05, 4.69) is 15.0 Å². The zero-order valence-corrected chi connectivity index (χ0v) is 19.7. The zero-order valence-electron chi connectivity index (χ0n) is 19.7. The van der Waals surface area contributed by atoms with Gasteiger partial charge in [0.15, 0.2) is 11.5 Å². The molecule has 0 atom stereocenters. The third kappa shape index (κ3) is 4.98. The van der Waals surface area contributed by atoms with E-state index in [1.807, 2.05) is 0 Å². The summed E-state index contributed by atoms with van der Waals surface area (Å²) in [7, 11) is 4.36. The van der Waals surface area contributed by atoms with Gasteiger partial charge in [-0.25, -0.2) is 14.4 Å². The first-order valence-corrected chi connectivity index (χ1v) is 10.6. The molecule has 0 bridgehead atoms. The second kappa shape index (κ2) is 9.86. The van der Waals surface area contributed by atoms with Crippen LogP contribution in [0, 0.1) is 12.7 Å². The highest BCUT2D eigenvalue weighted by atomic mass is 19.1. The molecule has 0 unspecified atom stereocenters. The number of aromatic amines is 1. The fraction of sp³-hybridized carbons (Fsp3) is 0.348. The van der Waals surface area contributed by atoms with Crippen molar-refractivity contribution >= 4 is 11.8 Å². The van der Waals surface area contributed by atoms with Gasteiger partial charge in [-0.15, -0.1) is 0 Å². The lowest BCUT2D eigenvalue weighted by atomic mass is 10.1. The second-order valence-corrected chi connectivity index (χ2v) is 8.15. The number of rotatable bonds is 6. The lowest BCUT2D eigenvalue weighted by molar-refractivity contribution is -0.149. The number of halogens is 1. The van der Waals surface area contributed by atoms with Crippen molar-refractivity contribution < 1.29 is 19.1 Å². The van der Waals surface area contributed by atoms with Crippen molar-refractivity contribution in [1.82, 2.24) is 29.3 Å². The van der Waals surface area contributed by atoms with Crippen molar-refractivity contribution in [3.8, 4) is 17.3 Å². The maximum atomic E-state index is 13.5. The number of likely N-dealkylation sites (N-methyl/N-ethyl adjacent to an activating group) is 2. The van der Waals surface area contributed by atoms with Crippen molar-refractivity contribution in [2.75, 3.05) is 21.1 Å². The minimum Gasteiger partial charge on any atom is -0.501 e. The van der Waals surface area contributed by atoms with Gasteiger partial charge in [-0.3, -0.25) is 19.0 Å². The Labute approximate surface area is 195 Å². The lowest BCUT2D eigenvalue weighted by Gasteiger charge is -2.20. The van der Waals surface area contributed by atoms with Crippen LogP contribution in [0.3, 0.4) is 0 Å². The molecule has 34 heavy (non-hydrogen) atoms. The summed E-state index contributed by atoms with van der Waals surface area (Å²) in [6.07, 6.45) is 1.98. The van der Waals surface area contributed by atoms with E-state index in [9.17, 15) is 23.9 Å². The number of aromatic nitrogens is 4. The molecular weight excluding hydrogens is 443 g/mol. The second-order valence-electron chi connectivity index (χ2n) is 8.15.